The number of morpholine rings is 1. The van der Waals surface area contributed by atoms with Gasteiger partial charge in [-0.15, -0.1) is 11.3 Å². The first-order valence-corrected chi connectivity index (χ1v) is 8.98. The fraction of sp³-hybridized carbons (Fsp3) is 0.545. The van der Waals surface area contributed by atoms with Gasteiger partial charge in [0.1, 0.15) is 4.21 Å². The lowest BCUT2D eigenvalue weighted by Crippen LogP contribution is -2.46. The summed E-state index contributed by atoms with van der Waals surface area (Å²) in [6.07, 6.45) is -0.418. The number of carbonyl (C=O) groups is 1. The molecule has 2 rings (SSSR count). The lowest BCUT2D eigenvalue weighted by Gasteiger charge is -2.31. The van der Waals surface area contributed by atoms with Gasteiger partial charge in [0.15, 0.2) is 0 Å². The maximum atomic E-state index is 12.5. The topological polar surface area (TPSA) is 72.9 Å². The van der Waals surface area contributed by atoms with Gasteiger partial charge >= 0.3 is 5.97 Å². The summed E-state index contributed by atoms with van der Waals surface area (Å²) in [7, 11) is -2.26. The number of methoxy groups -OCH3 is 1. The Morgan fingerprint density at radius 1 is 1.65 bits per heavy atom. The maximum absolute atomic E-state index is 12.5. The Hall–Kier alpha value is -0.480. The number of thiophene rings is 1. The van der Waals surface area contributed by atoms with Crippen LogP contribution in [0.2, 0.25) is 0 Å². The summed E-state index contributed by atoms with van der Waals surface area (Å²) in [6.45, 7) is 0.704. The SMILES string of the molecule is COC(=O)CC1CN(S(=O)(=O)c2sccc2Br)CCO1. The zero-order valence-corrected chi connectivity index (χ0v) is 14.0. The summed E-state index contributed by atoms with van der Waals surface area (Å²) in [5.74, 6) is -0.411. The highest BCUT2D eigenvalue weighted by molar-refractivity contribution is 9.10. The van der Waals surface area contributed by atoms with E-state index in [1.165, 1.54) is 11.4 Å². The van der Waals surface area contributed by atoms with Gasteiger partial charge in [0.05, 0.1) is 26.2 Å². The summed E-state index contributed by atoms with van der Waals surface area (Å²) in [5, 5.41) is 1.71. The van der Waals surface area contributed by atoms with Crippen LogP contribution in [0.25, 0.3) is 0 Å². The van der Waals surface area contributed by atoms with Crippen molar-refractivity contribution in [2.45, 2.75) is 16.7 Å². The lowest BCUT2D eigenvalue weighted by molar-refractivity contribution is -0.145. The highest BCUT2D eigenvalue weighted by Crippen LogP contribution is 2.31. The monoisotopic (exact) mass is 383 g/mol. The number of esters is 1. The molecule has 1 aliphatic rings. The Morgan fingerprint density at radius 2 is 2.40 bits per heavy atom. The molecule has 112 valence electrons. The van der Waals surface area contributed by atoms with Crippen molar-refractivity contribution < 1.29 is 22.7 Å². The highest BCUT2D eigenvalue weighted by atomic mass is 79.9. The van der Waals surface area contributed by atoms with Crippen molar-refractivity contribution in [3.63, 3.8) is 0 Å². The molecule has 0 bridgehead atoms. The molecule has 0 aliphatic carbocycles. The van der Waals surface area contributed by atoms with Gasteiger partial charge in [0, 0.05) is 17.6 Å². The zero-order chi connectivity index (χ0) is 14.8. The fourth-order valence-electron chi connectivity index (χ4n) is 1.88. The van der Waals surface area contributed by atoms with E-state index >= 15 is 0 Å². The molecule has 2 heterocycles. The molecule has 1 fully saturated rings. The second kappa shape index (κ2) is 6.52. The molecular weight excluding hydrogens is 370 g/mol. The predicted molar refractivity (Wildman–Crippen MR) is 77.2 cm³/mol. The van der Waals surface area contributed by atoms with E-state index in [0.29, 0.717) is 4.47 Å². The van der Waals surface area contributed by atoms with Crippen LogP contribution in [0.1, 0.15) is 6.42 Å². The number of sulfonamides is 1. The molecule has 1 atom stereocenters. The zero-order valence-electron chi connectivity index (χ0n) is 10.7. The Balaban J connectivity index is 2.13. The standard InChI is InChI=1S/C11H14BrNO5S2/c1-17-10(14)6-8-7-13(3-4-18-8)20(15,16)11-9(12)2-5-19-11/h2,5,8H,3-4,6-7H2,1H3. The summed E-state index contributed by atoms with van der Waals surface area (Å²) in [4.78, 5) is 11.2. The molecule has 0 spiro atoms. The molecule has 0 aromatic carbocycles. The van der Waals surface area contributed by atoms with Gasteiger partial charge < -0.3 is 9.47 Å². The first-order chi connectivity index (χ1) is 9.45. The normalized spacial score (nSPS) is 20.8. The van der Waals surface area contributed by atoms with Gasteiger partial charge in [-0.25, -0.2) is 8.42 Å². The second-order valence-electron chi connectivity index (χ2n) is 4.19. The molecule has 9 heteroatoms. The van der Waals surface area contributed by atoms with Crippen LogP contribution in [0.3, 0.4) is 0 Å². The lowest BCUT2D eigenvalue weighted by atomic mass is 10.2. The van der Waals surface area contributed by atoms with Crippen LogP contribution >= 0.6 is 27.3 Å². The quantitative estimate of drug-likeness (QED) is 0.735. The van der Waals surface area contributed by atoms with E-state index in [1.807, 2.05) is 0 Å². The van der Waals surface area contributed by atoms with Crippen LogP contribution in [0, 0.1) is 0 Å². The van der Waals surface area contributed by atoms with Crippen LogP contribution in [-0.2, 0) is 24.3 Å². The average molecular weight is 384 g/mol. The van der Waals surface area contributed by atoms with E-state index in [1.54, 1.807) is 11.4 Å². The van der Waals surface area contributed by atoms with Crippen LogP contribution < -0.4 is 0 Å². The van der Waals surface area contributed by atoms with E-state index in [-0.39, 0.29) is 30.3 Å². The number of hydrogen-bond donors (Lipinski definition) is 0. The van der Waals surface area contributed by atoms with E-state index in [4.69, 9.17) is 4.74 Å². The third-order valence-corrected chi connectivity index (χ3v) is 7.39. The first kappa shape index (κ1) is 15.9. The van der Waals surface area contributed by atoms with Gasteiger partial charge in [-0.1, -0.05) is 0 Å². The van der Waals surface area contributed by atoms with Crippen molar-refractivity contribution in [2.24, 2.45) is 0 Å². The summed E-state index contributed by atoms with van der Waals surface area (Å²) < 4.78 is 37.2. The van der Waals surface area contributed by atoms with Gasteiger partial charge in [-0.3, -0.25) is 4.79 Å². The third kappa shape index (κ3) is 3.40. The van der Waals surface area contributed by atoms with Gasteiger partial charge in [-0.2, -0.15) is 4.31 Å². The Kier molecular flexibility index (Phi) is 5.19. The molecule has 0 amide bonds. The smallest absolute Gasteiger partial charge is 0.308 e. The predicted octanol–water partition coefficient (Wildman–Crippen LogP) is 1.46. The summed E-state index contributed by atoms with van der Waals surface area (Å²) in [5.41, 5.74) is 0. The van der Waals surface area contributed by atoms with Crippen molar-refractivity contribution in [1.82, 2.24) is 4.31 Å². The van der Waals surface area contributed by atoms with E-state index in [9.17, 15) is 13.2 Å². The number of hydrogen-bond acceptors (Lipinski definition) is 6. The number of carbonyl (C=O) groups excluding carboxylic acids is 1. The average Bonchev–Trinajstić information content (AvgIpc) is 2.86. The van der Waals surface area contributed by atoms with E-state index in [0.717, 1.165) is 11.3 Å². The molecule has 1 aliphatic heterocycles. The van der Waals surface area contributed by atoms with Crippen molar-refractivity contribution in [3.05, 3.63) is 15.9 Å². The molecule has 6 nitrogen and oxygen atoms in total. The minimum absolute atomic E-state index is 0.0497. The molecule has 1 saturated heterocycles. The number of rotatable bonds is 4. The molecule has 0 saturated carbocycles. The van der Waals surface area contributed by atoms with Crippen molar-refractivity contribution in [2.75, 3.05) is 26.8 Å². The number of ether oxygens (including phenoxy) is 2. The van der Waals surface area contributed by atoms with Crippen molar-refractivity contribution in [3.8, 4) is 0 Å². The molecule has 1 unspecified atom stereocenters. The molecular formula is C11H14BrNO5S2. The van der Waals surface area contributed by atoms with Gasteiger partial charge in [0.2, 0.25) is 0 Å². The molecule has 0 radical (unpaired) electrons. The van der Waals surface area contributed by atoms with E-state index in [2.05, 4.69) is 20.7 Å². The summed E-state index contributed by atoms with van der Waals surface area (Å²) in [6, 6.07) is 1.70. The Labute approximate surface area is 129 Å². The molecule has 1 aromatic heterocycles. The fourth-order valence-corrected chi connectivity index (χ4v) is 5.79. The Morgan fingerprint density at radius 3 is 3.00 bits per heavy atom. The van der Waals surface area contributed by atoms with E-state index < -0.39 is 22.1 Å². The minimum Gasteiger partial charge on any atom is -0.469 e. The van der Waals surface area contributed by atoms with Gasteiger partial charge in [0.25, 0.3) is 10.0 Å². The highest BCUT2D eigenvalue weighted by Gasteiger charge is 2.33. The van der Waals surface area contributed by atoms with Crippen LogP contribution in [0.4, 0.5) is 0 Å². The maximum Gasteiger partial charge on any atom is 0.308 e. The number of nitrogens with zero attached hydrogens (tertiary/aromatic N) is 1. The summed E-state index contributed by atoms with van der Waals surface area (Å²) >= 11 is 4.40. The van der Waals surface area contributed by atoms with Crippen molar-refractivity contribution in [1.29, 1.82) is 0 Å². The Bertz CT molecular complexity index is 585. The first-order valence-electron chi connectivity index (χ1n) is 5.86. The van der Waals surface area contributed by atoms with Crippen LogP contribution in [0.15, 0.2) is 20.1 Å². The molecule has 1 aromatic rings. The van der Waals surface area contributed by atoms with Crippen LogP contribution in [-0.4, -0.2) is 51.6 Å². The van der Waals surface area contributed by atoms with Crippen LogP contribution in [0.5, 0.6) is 0 Å². The molecule has 20 heavy (non-hydrogen) atoms. The van der Waals surface area contributed by atoms with Gasteiger partial charge in [-0.05, 0) is 27.4 Å². The second-order valence-corrected chi connectivity index (χ2v) is 8.10. The van der Waals surface area contributed by atoms with Crippen molar-refractivity contribution >= 4 is 43.3 Å². The third-order valence-electron chi connectivity index (χ3n) is 2.88. The minimum atomic E-state index is -3.55. The number of halogens is 1. The molecule has 0 N–H and O–H groups in total. The largest absolute Gasteiger partial charge is 0.469 e.